The van der Waals surface area contributed by atoms with Crippen LogP contribution in [-0.4, -0.2) is 41.3 Å². The van der Waals surface area contributed by atoms with E-state index in [2.05, 4.69) is 12.2 Å². The average molecular weight is 226 g/mol. The van der Waals surface area contributed by atoms with Crippen molar-refractivity contribution in [3.05, 3.63) is 0 Å². The molecule has 4 heteroatoms. The third kappa shape index (κ3) is 2.03. The number of likely N-dealkylation sites (tertiary alicyclic amines) is 1. The fraction of sp³-hybridized carbons (Fsp3) is 0.917. The first kappa shape index (κ1) is 11.7. The molecule has 1 saturated heterocycles. The number of likely N-dealkylation sites (N-methyl/N-ethyl adjacent to an activating group) is 1. The molecule has 0 aromatic rings. The number of rotatable bonds is 2. The maximum absolute atomic E-state index is 11.9. The van der Waals surface area contributed by atoms with E-state index < -0.39 is 5.60 Å². The van der Waals surface area contributed by atoms with Crippen LogP contribution in [0.1, 0.15) is 40.5 Å². The Kier molecular flexibility index (Phi) is 2.65. The molecule has 1 saturated carbocycles. The summed E-state index contributed by atoms with van der Waals surface area (Å²) in [6.45, 7) is 9.63. The van der Waals surface area contributed by atoms with Crippen molar-refractivity contribution in [2.45, 2.75) is 57.7 Å². The molecule has 2 atom stereocenters. The summed E-state index contributed by atoms with van der Waals surface area (Å²) in [5.74, 6) is 0. The molecule has 1 aliphatic carbocycles. The molecule has 4 nitrogen and oxygen atoms in total. The van der Waals surface area contributed by atoms with Crippen LogP contribution in [0.3, 0.4) is 0 Å². The molecule has 0 bridgehead atoms. The molecule has 0 radical (unpaired) electrons. The number of ether oxygens (including phenoxy) is 1. The Morgan fingerprint density at radius 2 is 2.25 bits per heavy atom. The molecule has 1 heterocycles. The molecule has 2 fully saturated rings. The van der Waals surface area contributed by atoms with Crippen molar-refractivity contribution >= 4 is 6.09 Å². The maximum atomic E-state index is 11.9. The van der Waals surface area contributed by atoms with Crippen LogP contribution >= 0.6 is 0 Å². The normalized spacial score (nSPS) is 32.5. The van der Waals surface area contributed by atoms with E-state index in [-0.39, 0.29) is 11.6 Å². The van der Waals surface area contributed by atoms with Gasteiger partial charge in [-0.3, -0.25) is 0 Å². The zero-order valence-electron chi connectivity index (χ0n) is 10.7. The topological polar surface area (TPSA) is 41.6 Å². The predicted octanol–water partition coefficient (Wildman–Crippen LogP) is 1.75. The molecular formula is C12H22N2O2. The molecule has 2 aliphatic rings. The summed E-state index contributed by atoms with van der Waals surface area (Å²) in [7, 11) is 0. The number of nitrogens with zero attached hydrogens (tertiary/aromatic N) is 1. The van der Waals surface area contributed by atoms with Crippen molar-refractivity contribution in [3.63, 3.8) is 0 Å². The van der Waals surface area contributed by atoms with Crippen LogP contribution in [0.2, 0.25) is 0 Å². The van der Waals surface area contributed by atoms with E-state index in [1.165, 1.54) is 0 Å². The Hall–Kier alpha value is -0.770. The Balaban J connectivity index is 1.92. The van der Waals surface area contributed by atoms with Crippen LogP contribution in [0.25, 0.3) is 0 Å². The van der Waals surface area contributed by atoms with E-state index in [1.54, 1.807) is 0 Å². The lowest BCUT2D eigenvalue weighted by Crippen LogP contribution is -2.38. The molecule has 0 unspecified atom stereocenters. The summed E-state index contributed by atoms with van der Waals surface area (Å²) in [5, 5.41) is 3.49. The first-order chi connectivity index (χ1) is 7.38. The second-order valence-corrected chi connectivity index (χ2v) is 5.83. The average Bonchev–Trinajstić information content (AvgIpc) is 2.69. The number of fused-ring (bicyclic) bond motifs is 1. The van der Waals surface area contributed by atoms with Gasteiger partial charge in [-0.25, -0.2) is 4.79 Å². The molecule has 1 amide bonds. The van der Waals surface area contributed by atoms with Crippen LogP contribution < -0.4 is 5.32 Å². The fourth-order valence-electron chi connectivity index (χ4n) is 2.61. The van der Waals surface area contributed by atoms with Crippen LogP contribution in [0.5, 0.6) is 0 Å². The minimum Gasteiger partial charge on any atom is -0.444 e. The number of hydrogen-bond donors (Lipinski definition) is 1. The lowest BCUT2D eigenvalue weighted by molar-refractivity contribution is 0.0263. The summed E-state index contributed by atoms with van der Waals surface area (Å²) >= 11 is 0. The highest BCUT2D eigenvalue weighted by molar-refractivity contribution is 5.70. The van der Waals surface area contributed by atoms with E-state index in [4.69, 9.17) is 4.74 Å². The summed E-state index contributed by atoms with van der Waals surface area (Å²) in [6, 6.07) is 0.363. The van der Waals surface area contributed by atoms with Gasteiger partial charge in [0.25, 0.3) is 0 Å². The number of nitrogens with one attached hydrogen (secondary N) is 1. The molecule has 16 heavy (non-hydrogen) atoms. The van der Waals surface area contributed by atoms with E-state index >= 15 is 0 Å². The van der Waals surface area contributed by atoms with Crippen molar-refractivity contribution in [3.8, 4) is 0 Å². The summed E-state index contributed by atoms with van der Waals surface area (Å²) in [6.07, 6.45) is 1.99. The summed E-state index contributed by atoms with van der Waals surface area (Å²) in [4.78, 5) is 13.8. The monoisotopic (exact) mass is 226 g/mol. The van der Waals surface area contributed by atoms with E-state index in [0.29, 0.717) is 6.04 Å². The number of hydrogen-bond acceptors (Lipinski definition) is 3. The van der Waals surface area contributed by atoms with Gasteiger partial charge in [0.2, 0.25) is 0 Å². The van der Waals surface area contributed by atoms with Crippen molar-refractivity contribution in [1.82, 2.24) is 10.2 Å². The minimum atomic E-state index is -0.393. The van der Waals surface area contributed by atoms with Crippen LogP contribution in [0.4, 0.5) is 4.79 Å². The molecule has 1 aliphatic heterocycles. The predicted molar refractivity (Wildman–Crippen MR) is 62.4 cm³/mol. The zero-order valence-corrected chi connectivity index (χ0v) is 10.7. The van der Waals surface area contributed by atoms with Crippen molar-refractivity contribution in [1.29, 1.82) is 0 Å². The fourth-order valence-corrected chi connectivity index (χ4v) is 2.61. The molecule has 0 spiro atoms. The lowest BCUT2D eigenvalue weighted by Gasteiger charge is -2.25. The van der Waals surface area contributed by atoms with Gasteiger partial charge in [-0.2, -0.15) is 0 Å². The third-order valence-corrected chi connectivity index (χ3v) is 3.37. The highest BCUT2D eigenvalue weighted by Gasteiger charge is 2.62. The van der Waals surface area contributed by atoms with Gasteiger partial charge in [0, 0.05) is 12.1 Å². The van der Waals surface area contributed by atoms with Crippen molar-refractivity contribution in [2.24, 2.45) is 0 Å². The Bertz CT molecular complexity index is 298. The molecule has 92 valence electrons. The number of carbonyl (C=O) groups is 1. The molecule has 2 rings (SSSR count). The number of carbonyl (C=O) groups excluding carboxylic acids is 1. The molecule has 0 aromatic carbocycles. The van der Waals surface area contributed by atoms with Crippen LogP contribution in [0.15, 0.2) is 0 Å². The summed E-state index contributed by atoms with van der Waals surface area (Å²) in [5.41, 5.74) is -0.180. The third-order valence-electron chi connectivity index (χ3n) is 3.37. The Morgan fingerprint density at radius 3 is 2.75 bits per heavy atom. The number of amides is 1. The second kappa shape index (κ2) is 3.62. The van der Waals surface area contributed by atoms with Crippen molar-refractivity contribution < 1.29 is 9.53 Å². The molecular weight excluding hydrogens is 204 g/mol. The first-order valence-corrected chi connectivity index (χ1v) is 6.13. The number of piperidine rings is 1. The van der Waals surface area contributed by atoms with Gasteiger partial charge in [0.15, 0.2) is 0 Å². The van der Waals surface area contributed by atoms with Gasteiger partial charge in [0.05, 0.1) is 6.04 Å². The highest BCUT2D eigenvalue weighted by atomic mass is 16.6. The van der Waals surface area contributed by atoms with Gasteiger partial charge in [0.1, 0.15) is 5.60 Å². The quantitative estimate of drug-likeness (QED) is 0.780. The minimum absolute atomic E-state index is 0.158. The first-order valence-electron chi connectivity index (χ1n) is 6.13. The van der Waals surface area contributed by atoms with Crippen molar-refractivity contribution in [2.75, 3.05) is 13.1 Å². The zero-order chi connectivity index (χ0) is 12.0. The smallest absolute Gasteiger partial charge is 0.410 e. The van der Waals surface area contributed by atoms with E-state index in [9.17, 15) is 4.79 Å². The highest BCUT2D eigenvalue weighted by Crippen LogP contribution is 2.49. The molecule has 1 N–H and O–H groups in total. The van der Waals surface area contributed by atoms with Crippen LogP contribution in [-0.2, 0) is 4.74 Å². The largest absolute Gasteiger partial charge is 0.444 e. The Morgan fingerprint density at radius 1 is 1.56 bits per heavy atom. The second-order valence-electron chi connectivity index (χ2n) is 5.83. The SMILES string of the molecule is CCN[C@]12CCN(C(=O)OC(C)(C)C)[C@H]1C2. The Labute approximate surface area is 97.3 Å². The van der Waals surface area contributed by atoms with Gasteiger partial charge >= 0.3 is 6.09 Å². The van der Waals surface area contributed by atoms with Crippen LogP contribution in [0, 0.1) is 0 Å². The standard InChI is InChI=1S/C12H22N2O2/c1-5-13-12-6-7-14(9(12)8-12)10(15)16-11(2,3)4/h9,13H,5-8H2,1-4H3/t9-,12-/m0/s1. The summed E-state index contributed by atoms with van der Waals surface area (Å²) < 4.78 is 5.40. The maximum Gasteiger partial charge on any atom is 0.410 e. The molecule has 0 aromatic heterocycles. The van der Waals surface area contributed by atoms with E-state index in [1.807, 2.05) is 25.7 Å². The van der Waals surface area contributed by atoms with Gasteiger partial charge in [-0.15, -0.1) is 0 Å². The van der Waals surface area contributed by atoms with Gasteiger partial charge in [-0.05, 0) is 40.2 Å². The van der Waals surface area contributed by atoms with E-state index in [0.717, 1.165) is 25.9 Å². The van der Waals surface area contributed by atoms with Gasteiger partial charge in [-0.1, -0.05) is 6.92 Å². The van der Waals surface area contributed by atoms with Gasteiger partial charge < -0.3 is 15.0 Å². The lowest BCUT2D eigenvalue weighted by atomic mass is 10.2.